The van der Waals surface area contributed by atoms with Crippen molar-refractivity contribution in [3.05, 3.63) is 78.7 Å². The number of ketones is 1. The molecule has 4 rings (SSSR count). The van der Waals surface area contributed by atoms with Crippen molar-refractivity contribution in [2.45, 2.75) is 9.79 Å². The van der Waals surface area contributed by atoms with E-state index in [0.29, 0.717) is 22.7 Å². The number of carbonyl (C=O) groups excluding carboxylic acids is 1. The largest absolute Gasteiger partial charge is 1.00 e. The molecule has 0 radical (unpaired) electrons. The van der Waals surface area contributed by atoms with Crippen LogP contribution < -0.4 is 104 Å². The van der Waals surface area contributed by atoms with Crippen molar-refractivity contribution in [3.63, 3.8) is 0 Å². The molecule has 0 spiro atoms. The molecule has 22 nitrogen and oxygen atoms in total. The molecule has 0 saturated heterocycles. The van der Waals surface area contributed by atoms with Crippen molar-refractivity contribution < 1.29 is 162 Å². The zero-order valence-electron chi connectivity index (χ0n) is 29.5. The minimum Gasteiger partial charge on any atom is -0.744 e. The Morgan fingerprint density at radius 2 is 1.39 bits per heavy atom. The number of rotatable bonds is 9. The zero-order valence-corrected chi connectivity index (χ0v) is 39.6. The molecule has 0 atom stereocenters. The van der Waals surface area contributed by atoms with Crippen molar-refractivity contribution in [3.8, 4) is 5.75 Å². The Kier molecular flexibility index (Phi) is 27.6. The van der Waals surface area contributed by atoms with Crippen LogP contribution in [-0.2, 0) is 51.6 Å². The van der Waals surface area contributed by atoms with E-state index >= 15 is 0 Å². The molecule has 0 bridgehead atoms. The third-order valence-electron chi connectivity index (χ3n) is 5.78. The molecule has 30 heteroatoms. The van der Waals surface area contributed by atoms with Gasteiger partial charge in [-0.1, -0.05) is 35.1 Å². The molecule has 56 heavy (non-hydrogen) atoms. The van der Waals surface area contributed by atoms with Crippen molar-refractivity contribution in [1.29, 1.82) is 0 Å². The summed E-state index contributed by atoms with van der Waals surface area (Å²) in [7, 11) is -17.0. The van der Waals surface area contributed by atoms with Gasteiger partial charge < -0.3 is 30.9 Å². The molecule has 0 unspecified atom stereocenters. The summed E-state index contributed by atoms with van der Waals surface area (Å²) in [5.74, 6) is -0.480. The molecule has 3 N–H and O–H groups in total. The maximum atomic E-state index is 13.2. The van der Waals surface area contributed by atoms with E-state index in [0.717, 1.165) is 18.2 Å². The summed E-state index contributed by atoms with van der Waals surface area (Å²) in [6.45, 7) is 3.31. The smallest absolute Gasteiger partial charge is 0.744 e. The fraction of sp³-hybridized carbons (Fsp3) is 0.115. The number of Topliss-reactive ketones (excluding diaryl/α,β-unsaturated/α-hetero) is 1. The van der Waals surface area contributed by atoms with Gasteiger partial charge in [-0.2, -0.15) is 27.5 Å². The van der Waals surface area contributed by atoms with E-state index in [1.165, 1.54) is 13.2 Å². The Morgan fingerprint density at radius 3 is 1.88 bits per heavy atom. The first-order valence-corrected chi connectivity index (χ1v) is 19.6. The second-order valence-corrected chi connectivity index (χ2v) is 14.1. The monoisotopic (exact) mass is 906 g/mol. The molecule has 0 saturated carbocycles. The van der Waals surface area contributed by atoms with Crippen LogP contribution in [0.5, 0.6) is 5.75 Å². The summed E-state index contributed by atoms with van der Waals surface area (Å²) in [5, 5.41) is 15.1. The minimum atomic E-state index is -5.12. The van der Waals surface area contributed by atoms with E-state index in [9.17, 15) is 26.2 Å². The SMILES string of the molecule is O=S(=O)([O-])O.O=S(=O)=O.O=S(=O)=O.[CH2-]CS(=O)(=O)c1ccc(N=Nc2c(NC)ccc3c2C=[C-]C(=NNc2ccccc2OC)C3=O)c(S(=O)(=O)[O-])c1.[Na+].[Na+].[Na+]. The average Bonchev–Trinajstić information content (AvgIpc) is 3.05. The molecule has 1 aliphatic rings. The topological polar surface area (TPSA) is 359 Å². The van der Waals surface area contributed by atoms with Crippen molar-refractivity contribution >= 4 is 91.9 Å². The van der Waals surface area contributed by atoms with E-state index in [1.54, 1.807) is 43.4 Å². The molecule has 0 fully saturated rings. The van der Waals surface area contributed by atoms with Crippen LogP contribution in [0.4, 0.5) is 22.7 Å². The van der Waals surface area contributed by atoms with Crippen LogP contribution >= 0.6 is 0 Å². The number of allylic oxidation sites excluding steroid dienone is 1. The number of azo groups is 1. The summed E-state index contributed by atoms with van der Waals surface area (Å²) < 4.78 is 149. The van der Waals surface area contributed by atoms with Gasteiger partial charge in [-0.05, 0) is 36.4 Å². The first-order chi connectivity index (χ1) is 24.5. The number of fused-ring (bicyclic) bond motifs is 1. The van der Waals surface area contributed by atoms with E-state index < -0.39 is 68.0 Å². The number of nitrogens with zero attached hydrogens (tertiary/aromatic N) is 3. The van der Waals surface area contributed by atoms with Crippen LogP contribution in [-0.4, -0.2) is 95.6 Å². The third kappa shape index (κ3) is 20.4. The third-order valence-corrected chi connectivity index (χ3v) is 8.16. The van der Waals surface area contributed by atoms with Gasteiger partial charge in [0.15, 0.2) is 9.84 Å². The number of methoxy groups -OCH3 is 1. The summed E-state index contributed by atoms with van der Waals surface area (Å²) in [6, 6.07) is 13.0. The molecular formula is C26H23N5Na3O17S5-. The number of hydrazone groups is 1. The normalized spacial score (nSPS) is 12.2. The van der Waals surface area contributed by atoms with E-state index in [-0.39, 0.29) is 116 Å². The van der Waals surface area contributed by atoms with Gasteiger partial charge in [0.25, 0.3) is 0 Å². The molecule has 0 amide bonds. The number of carbonyl (C=O) groups is 1. The van der Waals surface area contributed by atoms with Crippen molar-refractivity contribution in [2.75, 3.05) is 30.7 Å². The predicted octanol–water partition coefficient (Wildman–Crippen LogP) is -7.85. The van der Waals surface area contributed by atoms with Crippen LogP contribution in [0.1, 0.15) is 15.9 Å². The Bertz CT molecular complexity index is 2470. The molecule has 3 aromatic carbocycles. The fourth-order valence-corrected chi connectivity index (χ4v) is 5.24. The van der Waals surface area contributed by atoms with E-state index in [2.05, 4.69) is 39.1 Å². The number of sulfone groups is 1. The van der Waals surface area contributed by atoms with Gasteiger partial charge >= 0.3 is 110 Å². The first kappa shape index (κ1) is 58.0. The average molecular weight is 907 g/mol. The summed E-state index contributed by atoms with van der Waals surface area (Å²) in [6.07, 6.45) is 4.29. The van der Waals surface area contributed by atoms with Crippen LogP contribution in [0.2, 0.25) is 0 Å². The van der Waals surface area contributed by atoms with Crippen LogP contribution in [0, 0.1) is 13.0 Å². The maximum Gasteiger partial charge on any atom is 1.00 e. The zero-order chi connectivity index (χ0) is 40.7. The number of nitrogens with one attached hydrogen (secondary N) is 2. The number of hydrogen-bond donors (Lipinski definition) is 3. The molecule has 0 aliphatic heterocycles. The number of hydrogen-bond acceptors (Lipinski definition) is 21. The molecule has 288 valence electrons. The Labute approximate surface area is 389 Å². The van der Waals surface area contributed by atoms with E-state index in [1.807, 2.05) is 0 Å². The Balaban J connectivity index is -0.00000153. The van der Waals surface area contributed by atoms with Gasteiger partial charge in [-0.15, -0.1) is 25.3 Å². The van der Waals surface area contributed by atoms with Gasteiger partial charge in [0.2, 0.25) is 10.4 Å². The number of ether oxygens (including phenoxy) is 1. The van der Waals surface area contributed by atoms with Crippen LogP contribution in [0.25, 0.3) is 6.08 Å². The van der Waals surface area contributed by atoms with Crippen molar-refractivity contribution in [1.82, 2.24) is 0 Å². The summed E-state index contributed by atoms with van der Waals surface area (Å²) in [5.41, 5.74) is 4.07. The van der Waals surface area contributed by atoms with Gasteiger partial charge in [-0.25, -0.2) is 25.3 Å². The molecule has 0 heterocycles. The first-order valence-electron chi connectivity index (χ1n) is 13.2. The Hall–Kier alpha value is -2.29. The van der Waals surface area contributed by atoms with Gasteiger partial charge in [-0.3, -0.25) is 9.98 Å². The van der Waals surface area contributed by atoms with Crippen LogP contribution in [0.3, 0.4) is 0 Å². The quantitative estimate of drug-likeness (QED) is 0.0448. The minimum absolute atomic E-state index is 0. The molecule has 0 aromatic heterocycles. The molecule has 3 aromatic rings. The van der Waals surface area contributed by atoms with E-state index in [4.69, 9.17) is 47.5 Å². The predicted molar refractivity (Wildman–Crippen MR) is 180 cm³/mol. The van der Waals surface area contributed by atoms with Crippen molar-refractivity contribution in [2.24, 2.45) is 15.3 Å². The van der Waals surface area contributed by atoms with Gasteiger partial charge in [0.1, 0.15) is 21.6 Å². The standard InChI is InChI=1S/C26H23N5O7S2.3Na.H2O4S.2O3S/c1-4-39(33,34)16-9-12-20(24(15-16)40(35,36)37)29-31-25-17-10-14-22(26(32)18(17)11-13-21(25)27-2)30-28-19-7-5-6-8-23(19)38-3;;;;1-5(2,3)4;2*1-4(2)3/h5-13,15,27-28H,1,4H2,2-3H3,(H,35,36,37);;;;(H2,1,2,3,4);;/q-2;3*+1;;;/p-2. The van der Waals surface area contributed by atoms with Gasteiger partial charge in [0, 0.05) is 18.4 Å². The molecule has 1 aliphatic carbocycles. The number of anilines is 2. The second-order valence-electron chi connectivity index (χ2n) is 9.00. The summed E-state index contributed by atoms with van der Waals surface area (Å²) in [4.78, 5) is 12.0. The maximum absolute atomic E-state index is 13.2. The summed E-state index contributed by atoms with van der Waals surface area (Å²) >= 11 is 0. The molecular weight excluding hydrogens is 884 g/mol. The number of para-hydroxylation sites is 2. The van der Waals surface area contributed by atoms with Crippen LogP contribution in [0.15, 0.2) is 79.7 Å². The van der Waals surface area contributed by atoms with Gasteiger partial charge in [0.05, 0.1) is 34.1 Å². The Morgan fingerprint density at radius 1 is 0.857 bits per heavy atom. The number of benzene rings is 3. The second kappa shape index (κ2) is 26.7. The fourth-order valence-electron chi connectivity index (χ4n) is 3.72.